The van der Waals surface area contributed by atoms with Gasteiger partial charge in [0.25, 0.3) is 6.43 Å². The molecule has 0 spiro atoms. The number of aromatic nitrogens is 2. The number of H-pyrrole nitrogens is 1. The third-order valence-corrected chi connectivity index (χ3v) is 2.73. The van der Waals surface area contributed by atoms with Crippen LogP contribution in [0.4, 0.5) is 14.5 Å². The fourth-order valence-electron chi connectivity index (χ4n) is 1.82. The van der Waals surface area contributed by atoms with Crippen LogP contribution in [0.15, 0.2) is 18.2 Å². The number of hydrogen-bond donors (Lipinski definition) is 2. The van der Waals surface area contributed by atoms with E-state index in [1.165, 1.54) is 0 Å². The zero-order valence-electron chi connectivity index (χ0n) is 10.2. The first-order valence-electron chi connectivity index (χ1n) is 5.75. The first-order valence-corrected chi connectivity index (χ1v) is 5.75. The van der Waals surface area contributed by atoms with Crippen molar-refractivity contribution in [3.8, 4) is 0 Å². The summed E-state index contributed by atoms with van der Waals surface area (Å²) in [6.45, 7) is 0.326. The van der Waals surface area contributed by atoms with Crippen LogP contribution in [-0.4, -0.2) is 41.4 Å². The Balaban J connectivity index is 1.99. The van der Waals surface area contributed by atoms with Gasteiger partial charge in [0.1, 0.15) is 5.82 Å². The third kappa shape index (κ3) is 3.16. The number of halogens is 2. The second kappa shape index (κ2) is 5.30. The van der Waals surface area contributed by atoms with Crippen molar-refractivity contribution in [3.05, 3.63) is 24.0 Å². The van der Waals surface area contributed by atoms with E-state index in [1.807, 2.05) is 12.1 Å². The molecule has 4 nitrogen and oxygen atoms in total. The van der Waals surface area contributed by atoms with Crippen molar-refractivity contribution in [1.29, 1.82) is 0 Å². The van der Waals surface area contributed by atoms with Crippen LogP contribution in [0.2, 0.25) is 0 Å². The predicted octanol–water partition coefficient (Wildman–Crippen LogP) is 1.88. The van der Waals surface area contributed by atoms with Crippen molar-refractivity contribution >= 4 is 16.7 Å². The first kappa shape index (κ1) is 12.8. The lowest BCUT2D eigenvalue weighted by atomic mass is 10.3. The molecule has 0 bridgehead atoms. The number of rotatable bonds is 5. The molecule has 18 heavy (non-hydrogen) atoms. The molecule has 1 aromatic carbocycles. The minimum atomic E-state index is -2.30. The molecule has 0 aliphatic carbocycles. The van der Waals surface area contributed by atoms with Gasteiger partial charge in [0.15, 0.2) is 0 Å². The molecule has 98 valence electrons. The summed E-state index contributed by atoms with van der Waals surface area (Å²) in [5.74, 6) is 0.789. The molecule has 2 aromatic rings. The minimum Gasteiger partial charge on any atom is -0.399 e. The molecule has 0 unspecified atom stereocenters. The van der Waals surface area contributed by atoms with Gasteiger partial charge >= 0.3 is 0 Å². The van der Waals surface area contributed by atoms with Crippen molar-refractivity contribution in [2.24, 2.45) is 0 Å². The summed E-state index contributed by atoms with van der Waals surface area (Å²) in [5.41, 5.74) is 8.06. The Morgan fingerprint density at radius 3 is 2.94 bits per heavy atom. The van der Waals surface area contributed by atoms with Crippen LogP contribution in [0.1, 0.15) is 5.82 Å². The number of benzene rings is 1. The molecule has 0 amide bonds. The maximum absolute atomic E-state index is 12.1. The number of hydrogen-bond acceptors (Lipinski definition) is 3. The SMILES string of the molecule is CN(CCc1nc2ccc(N)cc2[nH]1)CC(F)F. The zero-order chi connectivity index (χ0) is 13.1. The highest BCUT2D eigenvalue weighted by Gasteiger charge is 2.09. The molecule has 6 heteroatoms. The first-order chi connectivity index (χ1) is 8.54. The predicted molar refractivity (Wildman–Crippen MR) is 67.7 cm³/mol. The highest BCUT2D eigenvalue weighted by atomic mass is 19.3. The quantitative estimate of drug-likeness (QED) is 0.801. The maximum Gasteiger partial charge on any atom is 0.251 e. The van der Waals surface area contributed by atoms with Crippen molar-refractivity contribution in [3.63, 3.8) is 0 Å². The summed E-state index contributed by atoms with van der Waals surface area (Å²) >= 11 is 0. The largest absolute Gasteiger partial charge is 0.399 e. The molecule has 0 fully saturated rings. The van der Waals surface area contributed by atoms with Crippen molar-refractivity contribution < 1.29 is 8.78 Å². The summed E-state index contributed by atoms with van der Waals surface area (Å²) in [4.78, 5) is 9.11. The Morgan fingerprint density at radius 1 is 1.44 bits per heavy atom. The number of aromatic amines is 1. The molecule has 1 aromatic heterocycles. The fraction of sp³-hybridized carbons (Fsp3) is 0.417. The molecular weight excluding hydrogens is 238 g/mol. The van der Waals surface area contributed by atoms with Gasteiger partial charge in [0.2, 0.25) is 0 Å². The lowest BCUT2D eigenvalue weighted by Crippen LogP contribution is -2.27. The van der Waals surface area contributed by atoms with Crippen LogP contribution in [0, 0.1) is 0 Å². The summed E-state index contributed by atoms with van der Waals surface area (Å²) in [6, 6.07) is 5.44. The van der Waals surface area contributed by atoms with E-state index in [0.717, 1.165) is 16.9 Å². The van der Waals surface area contributed by atoms with Crippen molar-refractivity contribution in [2.45, 2.75) is 12.8 Å². The molecule has 1 heterocycles. The van der Waals surface area contributed by atoms with E-state index in [4.69, 9.17) is 5.73 Å². The molecular formula is C12H16F2N4. The van der Waals surface area contributed by atoms with E-state index < -0.39 is 6.43 Å². The second-order valence-electron chi connectivity index (χ2n) is 4.36. The standard InChI is InChI=1S/C12H16F2N4/c1-18(7-11(13)14)5-4-12-16-9-3-2-8(15)6-10(9)17-12/h2-3,6,11H,4-5,7,15H2,1H3,(H,16,17). The average Bonchev–Trinajstić information content (AvgIpc) is 2.67. The number of anilines is 1. The minimum absolute atomic E-state index is 0.215. The number of fused-ring (bicyclic) bond motifs is 1. The van der Waals surface area contributed by atoms with E-state index in [9.17, 15) is 8.78 Å². The molecule has 0 saturated heterocycles. The van der Waals surface area contributed by atoms with Crippen LogP contribution < -0.4 is 5.73 Å². The molecule has 0 saturated carbocycles. The van der Waals surface area contributed by atoms with E-state index in [0.29, 0.717) is 18.7 Å². The van der Waals surface area contributed by atoms with E-state index >= 15 is 0 Å². The highest BCUT2D eigenvalue weighted by Crippen LogP contribution is 2.15. The normalized spacial score (nSPS) is 11.8. The van der Waals surface area contributed by atoms with Crippen LogP contribution in [-0.2, 0) is 6.42 Å². The number of nitrogen functional groups attached to an aromatic ring is 1. The number of nitrogens with two attached hydrogens (primary N) is 1. The van der Waals surface area contributed by atoms with Gasteiger partial charge in [-0.25, -0.2) is 13.8 Å². The molecule has 2 rings (SSSR count). The Labute approximate surface area is 104 Å². The summed E-state index contributed by atoms with van der Waals surface area (Å²) in [7, 11) is 1.67. The van der Waals surface area contributed by atoms with Gasteiger partial charge in [0, 0.05) is 18.7 Å². The van der Waals surface area contributed by atoms with Gasteiger partial charge in [-0.3, -0.25) is 0 Å². The summed E-state index contributed by atoms with van der Waals surface area (Å²) in [6.07, 6.45) is -1.69. The van der Waals surface area contributed by atoms with Crippen molar-refractivity contribution in [2.75, 3.05) is 25.9 Å². The molecule has 0 atom stereocenters. The van der Waals surface area contributed by atoms with Crippen molar-refractivity contribution in [1.82, 2.24) is 14.9 Å². The molecule has 3 N–H and O–H groups in total. The van der Waals surface area contributed by atoms with Crippen LogP contribution >= 0.6 is 0 Å². The van der Waals surface area contributed by atoms with Gasteiger partial charge in [0.05, 0.1) is 17.6 Å². The second-order valence-corrected chi connectivity index (χ2v) is 4.36. The smallest absolute Gasteiger partial charge is 0.251 e. The van der Waals surface area contributed by atoms with Gasteiger partial charge < -0.3 is 15.6 Å². The monoisotopic (exact) mass is 254 g/mol. The maximum atomic E-state index is 12.1. The lowest BCUT2D eigenvalue weighted by Gasteiger charge is -2.14. The molecule has 0 aliphatic rings. The van der Waals surface area contributed by atoms with Gasteiger partial charge in [-0.15, -0.1) is 0 Å². The number of imidazole rings is 1. The number of nitrogens with one attached hydrogen (secondary N) is 1. The Kier molecular flexibility index (Phi) is 3.76. The Bertz CT molecular complexity index is 524. The lowest BCUT2D eigenvalue weighted by molar-refractivity contribution is 0.101. The van der Waals surface area contributed by atoms with E-state index in [-0.39, 0.29) is 6.54 Å². The molecule has 0 aliphatic heterocycles. The highest BCUT2D eigenvalue weighted by molar-refractivity contribution is 5.78. The third-order valence-electron chi connectivity index (χ3n) is 2.73. The Hall–Kier alpha value is -1.69. The van der Waals surface area contributed by atoms with Crippen LogP contribution in [0.25, 0.3) is 11.0 Å². The van der Waals surface area contributed by atoms with Gasteiger partial charge in [-0.1, -0.05) is 0 Å². The fourth-order valence-corrected chi connectivity index (χ4v) is 1.82. The van der Waals surface area contributed by atoms with Gasteiger partial charge in [-0.05, 0) is 25.2 Å². The summed E-state index contributed by atoms with van der Waals surface area (Å²) in [5, 5.41) is 0. The average molecular weight is 254 g/mol. The van der Waals surface area contributed by atoms with E-state index in [1.54, 1.807) is 18.0 Å². The topological polar surface area (TPSA) is 57.9 Å². The van der Waals surface area contributed by atoms with Crippen LogP contribution in [0.5, 0.6) is 0 Å². The van der Waals surface area contributed by atoms with E-state index in [2.05, 4.69) is 9.97 Å². The molecule has 0 radical (unpaired) electrons. The van der Waals surface area contributed by atoms with Crippen LogP contribution in [0.3, 0.4) is 0 Å². The summed E-state index contributed by atoms with van der Waals surface area (Å²) < 4.78 is 24.3. The zero-order valence-corrected chi connectivity index (χ0v) is 10.2. The number of alkyl halides is 2. The number of likely N-dealkylation sites (N-methyl/N-ethyl adjacent to an activating group) is 1. The number of nitrogens with zero attached hydrogens (tertiary/aromatic N) is 2. The van der Waals surface area contributed by atoms with Gasteiger partial charge in [-0.2, -0.15) is 0 Å². The Morgan fingerprint density at radius 2 is 2.22 bits per heavy atom.